The standard InChI is InChI=1S/C17H24N2O4/c1-13-6-3-4-7-15(13)23-11-9-18-16(21)17(22)8-5-10-19(12-17)14(2)20/h3-4,6-7,22H,5,8-12H2,1-2H3,(H,18,21). The highest BCUT2D eigenvalue weighted by molar-refractivity contribution is 5.86. The van der Waals surface area contributed by atoms with Crippen LogP contribution < -0.4 is 10.1 Å². The second-order valence-corrected chi connectivity index (χ2v) is 5.95. The van der Waals surface area contributed by atoms with Crippen LogP contribution in [0, 0.1) is 6.92 Å². The van der Waals surface area contributed by atoms with Gasteiger partial charge in [-0.25, -0.2) is 0 Å². The minimum Gasteiger partial charge on any atom is -0.491 e. The monoisotopic (exact) mass is 320 g/mol. The summed E-state index contributed by atoms with van der Waals surface area (Å²) in [5, 5.41) is 13.2. The molecule has 2 rings (SSSR count). The van der Waals surface area contributed by atoms with Crippen molar-refractivity contribution in [2.45, 2.75) is 32.3 Å². The topological polar surface area (TPSA) is 78.9 Å². The van der Waals surface area contributed by atoms with Crippen molar-refractivity contribution in [2.75, 3.05) is 26.2 Å². The number of para-hydroxylation sites is 1. The largest absolute Gasteiger partial charge is 0.491 e. The fraction of sp³-hybridized carbons (Fsp3) is 0.529. The van der Waals surface area contributed by atoms with Crippen molar-refractivity contribution in [3.63, 3.8) is 0 Å². The van der Waals surface area contributed by atoms with Crippen LogP contribution in [0.5, 0.6) is 5.75 Å². The number of piperidine rings is 1. The van der Waals surface area contributed by atoms with Gasteiger partial charge in [0.25, 0.3) is 5.91 Å². The summed E-state index contributed by atoms with van der Waals surface area (Å²) in [6.45, 7) is 4.65. The van der Waals surface area contributed by atoms with Crippen molar-refractivity contribution in [2.24, 2.45) is 0 Å². The summed E-state index contributed by atoms with van der Waals surface area (Å²) in [5.74, 6) is 0.205. The highest BCUT2D eigenvalue weighted by Crippen LogP contribution is 2.21. The molecule has 6 nitrogen and oxygen atoms in total. The van der Waals surface area contributed by atoms with Gasteiger partial charge in [0.1, 0.15) is 12.4 Å². The number of nitrogens with zero attached hydrogens (tertiary/aromatic N) is 1. The lowest BCUT2D eigenvalue weighted by molar-refractivity contribution is -0.150. The number of β-amino-alcohol motifs (C(OH)–C–C–N with tert-alkyl or cyclic N) is 1. The van der Waals surface area contributed by atoms with Gasteiger partial charge in [0.05, 0.1) is 13.1 Å². The molecule has 1 aromatic rings. The molecule has 0 bridgehead atoms. The molecule has 0 saturated carbocycles. The van der Waals surface area contributed by atoms with E-state index < -0.39 is 11.5 Å². The number of amides is 2. The van der Waals surface area contributed by atoms with E-state index in [4.69, 9.17) is 4.74 Å². The minimum absolute atomic E-state index is 0.0484. The number of rotatable bonds is 5. The smallest absolute Gasteiger partial charge is 0.253 e. The van der Waals surface area contributed by atoms with Crippen molar-refractivity contribution >= 4 is 11.8 Å². The fourth-order valence-corrected chi connectivity index (χ4v) is 2.70. The number of hydrogen-bond donors (Lipinski definition) is 2. The molecule has 6 heteroatoms. The van der Waals surface area contributed by atoms with Crippen LogP contribution in [0.1, 0.15) is 25.3 Å². The first-order chi connectivity index (χ1) is 10.9. The van der Waals surface area contributed by atoms with Gasteiger partial charge in [0.15, 0.2) is 5.60 Å². The van der Waals surface area contributed by atoms with Crippen LogP contribution in [0.25, 0.3) is 0 Å². The first-order valence-corrected chi connectivity index (χ1v) is 7.87. The summed E-state index contributed by atoms with van der Waals surface area (Å²) in [5.41, 5.74) is -0.478. The number of nitrogens with one attached hydrogen (secondary N) is 1. The predicted molar refractivity (Wildman–Crippen MR) is 86.1 cm³/mol. The molecule has 23 heavy (non-hydrogen) atoms. The van der Waals surface area contributed by atoms with Crippen LogP contribution in [0.3, 0.4) is 0 Å². The van der Waals surface area contributed by atoms with Crippen LogP contribution in [-0.2, 0) is 9.59 Å². The lowest BCUT2D eigenvalue weighted by Crippen LogP contribution is -2.58. The Hall–Kier alpha value is -2.08. The number of ether oxygens (including phenoxy) is 1. The molecular weight excluding hydrogens is 296 g/mol. The maximum atomic E-state index is 12.2. The van der Waals surface area contributed by atoms with Crippen molar-refractivity contribution in [3.8, 4) is 5.75 Å². The highest BCUT2D eigenvalue weighted by Gasteiger charge is 2.40. The summed E-state index contributed by atoms with van der Waals surface area (Å²) >= 11 is 0. The summed E-state index contributed by atoms with van der Waals surface area (Å²) in [6, 6.07) is 7.65. The quantitative estimate of drug-likeness (QED) is 0.789. The SMILES string of the molecule is CC(=O)N1CCCC(O)(C(=O)NCCOc2ccccc2C)C1. The average Bonchev–Trinajstić information content (AvgIpc) is 2.53. The average molecular weight is 320 g/mol. The molecule has 126 valence electrons. The molecule has 1 aromatic carbocycles. The molecule has 1 unspecified atom stereocenters. The normalized spacial score (nSPS) is 20.9. The van der Waals surface area contributed by atoms with E-state index in [-0.39, 0.29) is 12.5 Å². The molecule has 0 aliphatic carbocycles. The molecule has 2 N–H and O–H groups in total. The van der Waals surface area contributed by atoms with Gasteiger partial charge in [-0.2, -0.15) is 0 Å². The highest BCUT2D eigenvalue weighted by atomic mass is 16.5. The fourth-order valence-electron chi connectivity index (χ4n) is 2.70. The van der Waals surface area contributed by atoms with Crippen LogP contribution >= 0.6 is 0 Å². The summed E-state index contributed by atoms with van der Waals surface area (Å²) in [4.78, 5) is 25.1. The van der Waals surface area contributed by atoms with Gasteiger partial charge in [0.2, 0.25) is 5.91 Å². The Balaban J connectivity index is 1.80. The van der Waals surface area contributed by atoms with E-state index in [0.717, 1.165) is 11.3 Å². The van der Waals surface area contributed by atoms with Crippen molar-refractivity contribution in [1.29, 1.82) is 0 Å². The number of carbonyl (C=O) groups excluding carboxylic acids is 2. The number of likely N-dealkylation sites (tertiary alicyclic amines) is 1. The summed E-state index contributed by atoms with van der Waals surface area (Å²) in [6.07, 6.45) is 0.977. The second kappa shape index (κ2) is 7.46. The Morgan fingerprint density at radius 1 is 1.39 bits per heavy atom. The molecular formula is C17H24N2O4. The van der Waals surface area contributed by atoms with Crippen molar-refractivity contribution in [1.82, 2.24) is 10.2 Å². The van der Waals surface area contributed by atoms with Gasteiger partial charge < -0.3 is 20.1 Å². The molecule has 1 heterocycles. The third-order valence-electron chi connectivity index (χ3n) is 4.08. The Labute approximate surface area is 136 Å². The molecule has 1 saturated heterocycles. The summed E-state index contributed by atoms with van der Waals surface area (Å²) in [7, 11) is 0. The predicted octanol–water partition coefficient (Wildman–Crippen LogP) is 0.863. The zero-order chi connectivity index (χ0) is 16.9. The molecule has 0 aromatic heterocycles. The van der Waals surface area contributed by atoms with Crippen LogP contribution in [0.2, 0.25) is 0 Å². The van der Waals surface area contributed by atoms with E-state index in [1.54, 1.807) is 0 Å². The van der Waals surface area contributed by atoms with Crippen molar-refractivity contribution in [3.05, 3.63) is 29.8 Å². The van der Waals surface area contributed by atoms with E-state index in [2.05, 4.69) is 5.32 Å². The number of benzene rings is 1. The zero-order valence-electron chi connectivity index (χ0n) is 13.7. The maximum Gasteiger partial charge on any atom is 0.253 e. The number of aliphatic hydroxyl groups is 1. The van der Waals surface area contributed by atoms with E-state index in [9.17, 15) is 14.7 Å². The third kappa shape index (κ3) is 4.45. The zero-order valence-corrected chi connectivity index (χ0v) is 13.7. The Morgan fingerprint density at radius 3 is 2.83 bits per heavy atom. The number of hydrogen-bond acceptors (Lipinski definition) is 4. The minimum atomic E-state index is -1.51. The van der Waals surface area contributed by atoms with Crippen LogP contribution in [0.15, 0.2) is 24.3 Å². The Kier molecular flexibility index (Phi) is 5.60. The molecule has 1 fully saturated rings. The van der Waals surface area contributed by atoms with E-state index >= 15 is 0 Å². The molecule has 0 spiro atoms. The van der Waals surface area contributed by atoms with E-state index in [0.29, 0.717) is 32.5 Å². The third-order valence-corrected chi connectivity index (χ3v) is 4.08. The first kappa shape index (κ1) is 17.3. The number of carbonyl (C=O) groups is 2. The van der Waals surface area contributed by atoms with E-state index in [1.165, 1.54) is 11.8 Å². The molecule has 1 atom stereocenters. The van der Waals surface area contributed by atoms with Crippen LogP contribution in [-0.4, -0.2) is 53.7 Å². The Bertz CT molecular complexity index is 575. The van der Waals surface area contributed by atoms with Gasteiger partial charge in [0, 0.05) is 13.5 Å². The number of aryl methyl sites for hydroxylation is 1. The second-order valence-electron chi connectivity index (χ2n) is 5.95. The van der Waals surface area contributed by atoms with Gasteiger partial charge in [-0.3, -0.25) is 9.59 Å². The van der Waals surface area contributed by atoms with Gasteiger partial charge in [-0.05, 0) is 31.4 Å². The first-order valence-electron chi connectivity index (χ1n) is 7.87. The van der Waals surface area contributed by atoms with Gasteiger partial charge in [-0.1, -0.05) is 18.2 Å². The van der Waals surface area contributed by atoms with E-state index in [1.807, 2.05) is 31.2 Å². The lowest BCUT2D eigenvalue weighted by Gasteiger charge is -2.37. The Morgan fingerprint density at radius 2 is 2.13 bits per heavy atom. The molecule has 0 radical (unpaired) electrons. The van der Waals surface area contributed by atoms with Gasteiger partial charge >= 0.3 is 0 Å². The van der Waals surface area contributed by atoms with Crippen molar-refractivity contribution < 1.29 is 19.4 Å². The summed E-state index contributed by atoms with van der Waals surface area (Å²) < 4.78 is 5.61. The van der Waals surface area contributed by atoms with Gasteiger partial charge in [-0.15, -0.1) is 0 Å². The maximum absolute atomic E-state index is 12.2. The molecule has 1 aliphatic heterocycles. The molecule has 1 aliphatic rings. The molecule has 2 amide bonds. The van der Waals surface area contributed by atoms with Crippen LogP contribution in [0.4, 0.5) is 0 Å². The lowest BCUT2D eigenvalue weighted by atomic mass is 9.92.